The highest BCUT2D eigenvalue weighted by atomic mass is 16.3. The van der Waals surface area contributed by atoms with E-state index in [1.54, 1.807) is 13.0 Å². The predicted molar refractivity (Wildman–Crippen MR) is 55.2 cm³/mol. The average Bonchev–Trinajstić information content (AvgIpc) is 2.15. The molecule has 0 fully saturated rings. The maximum absolute atomic E-state index is 10.2. The van der Waals surface area contributed by atoms with E-state index in [2.05, 4.69) is 5.32 Å². The monoisotopic (exact) mass is 192 g/mol. The number of benzene rings is 1. The van der Waals surface area contributed by atoms with Crippen LogP contribution < -0.4 is 5.32 Å². The third-order valence-corrected chi connectivity index (χ3v) is 1.78. The van der Waals surface area contributed by atoms with E-state index in [0.29, 0.717) is 17.0 Å². The molecule has 1 rings (SSSR count). The van der Waals surface area contributed by atoms with E-state index in [1.807, 2.05) is 0 Å². The van der Waals surface area contributed by atoms with E-state index in [9.17, 15) is 9.90 Å². The van der Waals surface area contributed by atoms with Crippen LogP contribution in [-0.2, 0) is 4.79 Å². The molecule has 3 N–H and O–H groups in total. The van der Waals surface area contributed by atoms with E-state index in [1.165, 1.54) is 12.1 Å². The number of hydrogen-bond donors (Lipinski definition) is 3. The van der Waals surface area contributed by atoms with Gasteiger partial charge in [-0.3, -0.25) is 0 Å². The first kappa shape index (κ1) is 10.2. The van der Waals surface area contributed by atoms with Crippen molar-refractivity contribution in [2.75, 3.05) is 11.9 Å². The van der Waals surface area contributed by atoms with E-state index in [0.717, 1.165) is 6.29 Å². The van der Waals surface area contributed by atoms with Crippen molar-refractivity contribution in [3.63, 3.8) is 0 Å². The highest BCUT2D eigenvalue weighted by molar-refractivity contribution is 6.01. The van der Waals surface area contributed by atoms with Crippen LogP contribution >= 0.6 is 0 Å². The topological polar surface area (TPSA) is 73.2 Å². The molecule has 0 spiro atoms. The van der Waals surface area contributed by atoms with Crippen LogP contribution in [0.1, 0.15) is 12.5 Å². The van der Waals surface area contributed by atoms with Gasteiger partial charge in [-0.05, 0) is 25.1 Å². The molecule has 0 bridgehead atoms. The van der Waals surface area contributed by atoms with Gasteiger partial charge in [0.1, 0.15) is 12.0 Å². The standard InChI is InChI=1S/C10H12N2O2/c1-7(11)9-6-8(14)2-3-10(9)12-4-5-13/h2-3,5-6,11-12,14H,4H2,1H3. The van der Waals surface area contributed by atoms with E-state index in [4.69, 9.17) is 5.41 Å². The summed E-state index contributed by atoms with van der Waals surface area (Å²) in [6.07, 6.45) is 0.746. The minimum absolute atomic E-state index is 0.114. The zero-order chi connectivity index (χ0) is 10.6. The highest BCUT2D eigenvalue weighted by Crippen LogP contribution is 2.21. The van der Waals surface area contributed by atoms with Crippen LogP contribution in [0, 0.1) is 5.41 Å². The second-order valence-corrected chi connectivity index (χ2v) is 2.90. The molecule has 1 aromatic rings. The first-order chi connectivity index (χ1) is 6.65. The van der Waals surface area contributed by atoms with E-state index >= 15 is 0 Å². The lowest BCUT2D eigenvalue weighted by Gasteiger charge is -2.09. The van der Waals surface area contributed by atoms with Gasteiger partial charge in [0, 0.05) is 17.0 Å². The summed E-state index contributed by atoms with van der Waals surface area (Å²) in [6, 6.07) is 4.65. The molecule has 0 amide bonds. The number of hydrogen-bond acceptors (Lipinski definition) is 4. The predicted octanol–water partition coefficient (Wildman–Crippen LogP) is 1.39. The van der Waals surface area contributed by atoms with Crippen LogP contribution in [0.15, 0.2) is 18.2 Å². The zero-order valence-corrected chi connectivity index (χ0v) is 7.87. The molecule has 0 saturated carbocycles. The molecule has 4 nitrogen and oxygen atoms in total. The van der Waals surface area contributed by atoms with Crippen molar-refractivity contribution in [3.05, 3.63) is 23.8 Å². The van der Waals surface area contributed by atoms with Gasteiger partial charge in [-0.2, -0.15) is 0 Å². The summed E-state index contributed by atoms with van der Waals surface area (Å²) in [7, 11) is 0. The summed E-state index contributed by atoms with van der Waals surface area (Å²) in [5.74, 6) is 0.114. The van der Waals surface area contributed by atoms with Crippen LogP contribution in [0.4, 0.5) is 5.69 Å². The summed E-state index contributed by atoms with van der Waals surface area (Å²) < 4.78 is 0. The molecule has 0 aliphatic heterocycles. The minimum Gasteiger partial charge on any atom is -0.508 e. The quantitative estimate of drug-likeness (QED) is 0.383. The minimum atomic E-state index is 0.114. The number of nitrogens with one attached hydrogen (secondary N) is 2. The van der Waals surface area contributed by atoms with Gasteiger partial charge < -0.3 is 20.6 Å². The second-order valence-electron chi connectivity index (χ2n) is 2.90. The van der Waals surface area contributed by atoms with Gasteiger partial charge in [-0.1, -0.05) is 0 Å². The fourth-order valence-electron chi connectivity index (χ4n) is 1.15. The summed E-state index contributed by atoms with van der Waals surface area (Å²) in [4.78, 5) is 10.2. The van der Waals surface area contributed by atoms with Crippen LogP contribution in [0.5, 0.6) is 5.75 Å². The molecule has 0 saturated heterocycles. The molecule has 0 atom stereocenters. The lowest BCUT2D eigenvalue weighted by molar-refractivity contribution is -0.106. The van der Waals surface area contributed by atoms with Gasteiger partial charge in [0.15, 0.2) is 0 Å². The van der Waals surface area contributed by atoms with Crippen LogP contribution in [-0.4, -0.2) is 23.6 Å². The lowest BCUT2D eigenvalue weighted by atomic mass is 10.1. The number of aromatic hydroxyl groups is 1. The van der Waals surface area contributed by atoms with Gasteiger partial charge in [0.25, 0.3) is 0 Å². The van der Waals surface area contributed by atoms with Crippen molar-refractivity contribution in [2.24, 2.45) is 0 Å². The van der Waals surface area contributed by atoms with E-state index in [-0.39, 0.29) is 12.3 Å². The Bertz CT molecular complexity index is 361. The van der Waals surface area contributed by atoms with Crippen LogP contribution in [0.2, 0.25) is 0 Å². The Morgan fingerprint density at radius 2 is 2.36 bits per heavy atom. The number of phenolic OH excluding ortho intramolecular Hbond substituents is 1. The van der Waals surface area contributed by atoms with Crippen molar-refractivity contribution in [2.45, 2.75) is 6.92 Å². The molecule has 0 radical (unpaired) electrons. The Labute approximate surface area is 82.1 Å². The third kappa shape index (κ3) is 2.32. The summed E-state index contributed by atoms with van der Waals surface area (Å²) in [5, 5.41) is 19.5. The van der Waals surface area contributed by atoms with Crippen molar-refractivity contribution < 1.29 is 9.90 Å². The summed E-state index contributed by atoms with van der Waals surface area (Å²) in [6.45, 7) is 1.83. The van der Waals surface area contributed by atoms with Crippen molar-refractivity contribution in [1.82, 2.24) is 0 Å². The first-order valence-electron chi connectivity index (χ1n) is 4.21. The number of phenols is 1. The SMILES string of the molecule is CC(=N)c1cc(O)ccc1NCC=O. The number of anilines is 1. The van der Waals surface area contributed by atoms with Gasteiger partial charge in [0.2, 0.25) is 0 Å². The Morgan fingerprint density at radius 3 is 2.93 bits per heavy atom. The zero-order valence-electron chi connectivity index (χ0n) is 7.87. The maximum atomic E-state index is 10.2. The molecular formula is C10H12N2O2. The Morgan fingerprint density at radius 1 is 1.64 bits per heavy atom. The largest absolute Gasteiger partial charge is 0.508 e. The van der Waals surface area contributed by atoms with Crippen molar-refractivity contribution in [1.29, 1.82) is 5.41 Å². The Hall–Kier alpha value is -1.84. The smallest absolute Gasteiger partial charge is 0.139 e. The maximum Gasteiger partial charge on any atom is 0.139 e. The fraction of sp³-hybridized carbons (Fsp3) is 0.200. The molecule has 0 aliphatic carbocycles. The van der Waals surface area contributed by atoms with E-state index < -0.39 is 0 Å². The normalized spacial score (nSPS) is 9.50. The molecule has 0 aliphatic rings. The molecule has 74 valence electrons. The molecule has 0 heterocycles. The van der Waals surface area contributed by atoms with Crippen molar-refractivity contribution >= 4 is 17.7 Å². The second kappa shape index (κ2) is 4.41. The third-order valence-electron chi connectivity index (χ3n) is 1.78. The Balaban J connectivity index is 3.01. The van der Waals surface area contributed by atoms with Crippen LogP contribution in [0.25, 0.3) is 0 Å². The molecule has 0 unspecified atom stereocenters. The molecule has 0 aromatic heterocycles. The number of carbonyl (C=O) groups excluding carboxylic acids is 1. The number of aldehydes is 1. The molecule has 4 heteroatoms. The molecular weight excluding hydrogens is 180 g/mol. The van der Waals surface area contributed by atoms with Crippen LogP contribution in [0.3, 0.4) is 0 Å². The van der Waals surface area contributed by atoms with Crippen molar-refractivity contribution in [3.8, 4) is 5.75 Å². The van der Waals surface area contributed by atoms with Gasteiger partial charge >= 0.3 is 0 Å². The fourth-order valence-corrected chi connectivity index (χ4v) is 1.15. The molecule has 1 aromatic carbocycles. The number of rotatable bonds is 4. The lowest BCUT2D eigenvalue weighted by Crippen LogP contribution is -2.06. The highest BCUT2D eigenvalue weighted by Gasteiger charge is 2.04. The van der Waals surface area contributed by atoms with Gasteiger partial charge in [-0.25, -0.2) is 0 Å². The first-order valence-corrected chi connectivity index (χ1v) is 4.21. The summed E-state index contributed by atoms with van der Waals surface area (Å²) >= 11 is 0. The summed E-state index contributed by atoms with van der Waals surface area (Å²) in [5.41, 5.74) is 1.63. The van der Waals surface area contributed by atoms with Gasteiger partial charge in [0.05, 0.1) is 6.54 Å². The van der Waals surface area contributed by atoms with Gasteiger partial charge in [-0.15, -0.1) is 0 Å². The number of carbonyl (C=O) groups is 1. The Kier molecular flexibility index (Phi) is 3.23. The average molecular weight is 192 g/mol. The molecule has 14 heavy (non-hydrogen) atoms.